The van der Waals surface area contributed by atoms with Crippen molar-refractivity contribution < 1.29 is 9.59 Å². The third-order valence-corrected chi connectivity index (χ3v) is 5.36. The first-order chi connectivity index (χ1) is 14.3. The first-order valence-electron chi connectivity index (χ1n) is 9.81. The molecule has 30 heavy (non-hydrogen) atoms. The maximum atomic E-state index is 13.1. The molecule has 0 aliphatic heterocycles. The Hall–Kier alpha value is -3.13. The second kappa shape index (κ2) is 9.13. The van der Waals surface area contributed by atoms with Crippen LogP contribution in [0.2, 0.25) is 5.02 Å². The Balaban J connectivity index is 1.86. The molecule has 3 aromatic rings. The summed E-state index contributed by atoms with van der Waals surface area (Å²) in [7, 11) is 0. The van der Waals surface area contributed by atoms with Crippen molar-refractivity contribution in [1.29, 1.82) is 0 Å². The number of carbonyl (C=O) groups is 2. The van der Waals surface area contributed by atoms with Crippen LogP contribution < -0.4 is 10.6 Å². The summed E-state index contributed by atoms with van der Waals surface area (Å²) in [4.78, 5) is 25.8. The lowest BCUT2D eigenvalue weighted by Crippen LogP contribution is -2.28. The largest absolute Gasteiger partial charge is 0.321 e. The van der Waals surface area contributed by atoms with Crippen molar-refractivity contribution in [2.45, 2.75) is 46.7 Å². The fourth-order valence-corrected chi connectivity index (χ4v) is 3.31. The van der Waals surface area contributed by atoms with E-state index in [1.807, 2.05) is 39.0 Å². The molecule has 1 aromatic carbocycles. The van der Waals surface area contributed by atoms with Gasteiger partial charge in [0.05, 0.1) is 22.1 Å². The molecule has 2 amide bonds. The van der Waals surface area contributed by atoms with Gasteiger partial charge in [0.2, 0.25) is 5.91 Å². The van der Waals surface area contributed by atoms with Crippen molar-refractivity contribution in [3.05, 3.63) is 58.6 Å². The summed E-state index contributed by atoms with van der Waals surface area (Å²) in [6.07, 6.45) is 2.16. The SMILES string of the molecule is CCC(C(=O)Nc1cn(CC)nc1C(=O)Nc1ccccc1)n1nc(C)c(Cl)c1C. The molecule has 0 saturated heterocycles. The summed E-state index contributed by atoms with van der Waals surface area (Å²) >= 11 is 6.25. The number of rotatable bonds is 7. The Labute approximate surface area is 180 Å². The number of hydrogen-bond acceptors (Lipinski definition) is 4. The molecule has 0 spiro atoms. The number of aromatic nitrogens is 4. The highest BCUT2D eigenvalue weighted by Gasteiger charge is 2.26. The molecular weight excluding hydrogens is 404 g/mol. The standard InChI is InChI=1S/C21H25ClN6O2/c1-5-17(28-14(4)18(22)13(3)25-28)20(29)24-16-12-27(6-2)26-19(16)21(30)23-15-10-8-7-9-11-15/h7-12,17H,5-6H2,1-4H3,(H,23,30)(H,24,29). The van der Waals surface area contributed by atoms with Crippen molar-refractivity contribution in [3.8, 4) is 0 Å². The minimum absolute atomic E-state index is 0.148. The smallest absolute Gasteiger partial charge is 0.278 e. The molecule has 2 heterocycles. The second-order valence-corrected chi connectivity index (χ2v) is 7.29. The molecule has 1 unspecified atom stereocenters. The number of amides is 2. The van der Waals surface area contributed by atoms with Crippen LogP contribution in [0.15, 0.2) is 36.5 Å². The maximum Gasteiger partial charge on any atom is 0.278 e. The third-order valence-electron chi connectivity index (χ3n) is 4.81. The van der Waals surface area contributed by atoms with E-state index >= 15 is 0 Å². The van der Waals surface area contributed by atoms with E-state index in [1.165, 1.54) is 0 Å². The molecule has 8 nitrogen and oxygen atoms in total. The van der Waals surface area contributed by atoms with Gasteiger partial charge in [0.25, 0.3) is 5.91 Å². The van der Waals surface area contributed by atoms with Crippen molar-refractivity contribution in [2.24, 2.45) is 0 Å². The van der Waals surface area contributed by atoms with Gasteiger partial charge < -0.3 is 10.6 Å². The fourth-order valence-electron chi connectivity index (χ4n) is 3.19. The number of nitrogens with one attached hydrogen (secondary N) is 2. The molecule has 1 atom stereocenters. The highest BCUT2D eigenvalue weighted by Crippen LogP contribution is 2.25. The number of para-hydroxylation sites is 1. The van der Waals surface area contributed by atoms with Crippen LogP contribution in [-0.2, 0) is 11.3 Å². The van der Waals surface area contributed by atoms with Crippen molar-refractivity contribution in [2.75, 3.05) is 10.6 Å². The van der Waals surface area contributed by atoms with Gasteiger partial charge in [0.15, 0.2) is 5.69 Å². The minimum atomic E-state index is -0.564. The van der Waals surface area contributed by atoms with Crippen LogP contribution >= 0.6 is 11.6 Å². The number of anilines is 2. The van der Waals surface area contributed by atoms with Gasteiger partial charge in [-0.25, -0.2) is 0 Å². The number of hydrogen-bond donors (Lipinski definition) is 2. The summed E-state index contributed by atoms with van der Waals surface area (Å²) in [5, 5.41) is 14.9. The average molecular weight is 429 g/mol. The molecule has 3 rings (SSSR count). The highest BCUT2D eigenvalue weighted by atomic mass is 35.5. The Morgan fingerprint density at radius 3 is 2.37 bits per heavy atom. The maximum absolute atomic E-state index is 13.1. The molecule has 0 bridgehead atoms. The molecule has 158 valence electrons. The van der Waals surface area contributed by atoms with Crippen LogP contribution in [0.1, 0.15) is 48.2 Å². The summed E-state index contributed by atoms with van der Waals surface area (Å²) in [6.45, 7) is 7.99. The lowest BCUT2D eigenvalue weighted by Gasteiger charge is -2.17. The quantitative estimate of drug-likeness (QED) is 0.589. The fraction of sp³-hybridized carbons (Fsp3) is 0.333. The normalized spacial score (nSPS) is 11.9. The van der Waals surface area contributed by atoms with E-state index in [2.05, 4.69) is 20.8 Å². The van der Waals surface area contributed by atoms with Crippen LogP contribution in [0.25, 0.3) is 0 Å². The average Bonchev–Trinajstić information content (AvgIpc) is 3.26. The predicted octanol–water partition coefficient (Wildman–Crippen LogP) is 4.21. The van der Waals surface area contributed by atoms with Crippen LogP contribution in [0, 0.1) is 13.8 Å². The van der Waals surface area contributed by atoms with E-state index in [0.717, 1.165) is 5.69 Å². The zero-order chi connectivity index (χ0) is 21.8. The van der Waals surface area contributed by atoms with E-state index in [4.69, 9.17) is 11.6 Å². The van der Waals surface area contributed by atoms with E-state index in [0.29, 0.717) is 35.1 Å². The van der Waals surface area contributed by atoms with Crippen LogP contribution in [0.3, 0.4) is 0 Å². The highest BCUT2D eigenvalue weighted by molar-refractivity contribution is 6.31. The van der Waals surface area contributed by atoms with Crippen LogP contribution in [0.5, 0.6) is 0 Å². The lowest BCUT2D eigenvalue weighted by atomic mass is 10.2. The number of nitrogens with zero attached hydrogens (tertiary/aromatic N) is 4. The van der Waals surface area contributed by atoms with Gasteiger partial charge in [-0.3, -0.25) is 19.0 Å². The molecule has 0 aliphatic rings. The molecule has 2 aromatic heterocycles. The monoisotopic (exact) mass is 428 g/mol. The zero-order valence-electron chi connectivity index (χ0n) is 17.4. The van der Waals surface area contributed by atoms with E-state index in [1.54, 1.807) is 34.6 Å². The van der Waals surface area contributed by atoms with Crippen molar-refractivity contribution >= 4 is 34.8 Å². The molecular formula is C21H25ClN6O2. The van der Waals surface area contributed by atoms with E-state index < -0.39 is 11.9 Å². The number of carbonyl (C=O) groups excluding carboxylic acids is 2. The molecule has 0 radical (unpaired) electrons. The zero-order valence-corrected chi connectivity index (χ0v) is 18.2. The van der Waals surface area contributed by atoms with Gasteiger partial charge in [-0.1, -0.05) is 36.7 Å². The van der Waals surface area contributed by atoms with Gasteiger partial charge in [-0.15, -0.1) is 0 Å². The third kappa shape index (κ3) is 4.38. The van der Waals surface area contributed by atoms with Gasteiger partial charge in [0, 0.05) is 18.4 Å². The number of aryl methyl sites for hydroxylation is 2. The second-order valence-electron chi connectivity index (χ2n) is 6.91. The van der Waals surface area contributed by atoms with Crippen molar-refractivity contribution in [1.82, 2.24) is 19.6 Å². The van der Waals surface area contributed by atoms with E-state index in [-0.39, 0.29) is 11.6 Å². The predicted molar refractivity (Wildman–Crippen MR) is 117 cm³/mol. The van der Waals surface area contributed by atoms with Crippen molar-refractivity contribution in [3.63, 3.8) is 0 Å². The minimum Gasteiger partial charge on any atom is -0.321 e. The number of benzene rings is 1. The Kier molecular flexibility index (Phi) is 6.56. The van der Waals surface area contributed by atoms with Crippen LogP contribution in [-0.4, -0.2) is 31.4 Å². The Morgan fingerprint density at radius 2 is 1.80 bits per heavy atom. The van der Waals surface area contributed by atoms with Crippen LogP contribution in [0.4, 0.5) is 11.4 Å². The molecule has 0 fully saturated rings. The van der Waals surface area contributed by atoms with E-state index in [9.17, 15) is 9.59 Å². The molecule has 2 N–H and O–H groups in total. The Bertz CT molecular complexity index is 1060. The summed E-state index contributed by atoms with van der Waals surface area (Å²) in [6, 6.07) is 8.52. The van der Waals surface area contributed by atoms with Gasteiger partial charge in [-0.2, -0.15) is 10.2 Å². The van der Waals surface area contributed by atoms with Gasteiger partial charge in [0.1, 0.15) is 6.04 Å². The lowest BCUT2D eigenvalue weighted by molar-refractivity contribution is -0.119. The van der Waals surface area contributed by atoms with Gasteiger partial charge >= 0.3 is 0 Å². The molecule has 0 aliphatic carbocycles. The first-order valence-corrected chi connectivity index (χ1v) is 10.2. The number of halogens is 1. The molecule has 0 saturated carbocycles. The first kappa shape index (κ1) is 21.6. The Morgan fingerprint density at radius 1 is 1.10 bits per heavy atom. The summed E-state index contributed by atoms with van der Waals surface area (Å²) in [5.74, 6) is -0.685. The summed E-state index contributed by atoms with van der Waals surface area (Å²) < 4.78 is 3.23. The summed E-state index contributed by atoms with van der Waals surface area (Å²) in [5.41, 5.74) is 2.54. The van der Waals surface area contributed by atoms with Gasteiger partial charge in [-0.05, 0) is 39.3 Å². The molecule has 9 heteroatoms. The topological polar surface area (TPSA) is 93.8 Å².